The Morgan fingerprint density at radius 3 is 2.23 bits per heavy atom. The molecule has 0 bridgehead atoms. The highest BCUT2D eigenvalue weighted by atomic mass is 35.7. The van der Waals surface area contributed by atoms with E-state index < -0.39 is 9.05 Å². The van der Waals surface area contributed by atoms with Crippen molar-refractivity contribution >= 4 is 19.7 Å². The average Bonchev–Trinajstić information content (AvgIpc) is 2.00. The number of rotatable bonds is 1. The second kappa shape index (κ2) is 3.11. The molecule has 1 spiro atoms. The van der Waals surface area contributed by atoms with Crippen LogP contribution in [0.1, 0.15) is 25.7 Å². The van der Waals surface area contributed by atoms with E-state index in [4.69, 9.17) is 15.4 Å². The van der Waals surface area contributed by atoms with Gasteiger partial charge in [-0.15, -0.1) is 0 Å². The molecule has 3 nitrogen and oxygen atoms in total. The molecule has 0 radical (unpaired) electrons. The van der Waals surface area contributed by atoms with Crippen LogP contribution < -0.4 is 0 Å². The molecule has 13 heavy (non-hydrogen) atoms. The maximum atomic E-state index is 11.0. The fourth-order valence-corrected chi connectivity index (χ4v) is 3.80. The van der Waals surface area contributed by atoms with Gasteiger partial charge in [-0.3, -0.25) is 0 Å². The molecule has 1 saturated carbocycles. The van der Waals surface area contributed by atoms with Crippen LogP contribution in [-0.2, 0) is 13.8 Å². The molecule has 2 aliphatic rings. The van der Waals surface area contributed by atoms with E-state index in [9.17, 15) is 8.42 Å². The Bertz CT molecular complexity index is 285. The van der Waals surface area contributed by atoms with Gasteiger partial charge >= 0.3 is 0 Å². The maximum absolute atomic E-state index is 11.0. The second-order valence-corrected chi connectivity index (χ2v) is 7.03. The van der Waals surface area contributed by atoms with Crippen LogP contribution in [0.15, 0.2) is 0 Å². The van der Waals surface area contributed by atoms with Crippen molar-refractivity contribution in [2.75, 3.05) is 13.2 Å². The van der Waals surface area contributed by atoms with Gasteiger partial charge in [0.05, 0.1) is 5.25 Å². The van der Waals surface area contributed by atoms with Crippen molar-refractivity contribution in [3.8, 4) is 0 Å². The Balaban J connectivity index is 1.96. The molecule has 1 aliphatic heterocycles. The van der Waals surface area contributed by atoms with Gasteiger partial charge in [0.15, 0.2) is 0 Å². The summed E-state index contributed by atoms with van der Waals surface area (Å²) >= 11 is 0. The molecule has 0 N–H and O–H groups in total. The van der Waals surface area contributed by atoms with Crippen LogP contribution in [0.3, 0.4) is 0 Å². The second-order valence-electron chi connectivity index (χ2n) is 4.12. The minimum Gasteiger partial charge on any atom is -0.381 e. The van der Waals surface area contributed by atoms with E-state index in [0.29, 0.717) is 0 Å². The van der Waals surface area contributed by atoms with Crippen molar-refractivity contribution in [2.45, 2.75) is 30.9 Å². The molecule has 0 aromatic carbocycles. The lowest BCUT2D eigenvalue weighted by Gasteiger charge is -2.48. The van der Waals surface area contributed by atoms with Gasteiger partial charge in [0.25, 0.3) is 0 Å². The highest BCUT2D eigenvalue weighted by Crippen LogP contribution is 2.51. The highest BCUT2D eigenvalue weighted by molar-refractivity contribution is 8.14. The zero-order chi connectivity index (χ0) is 9.53. The van der Waals surface area contributed by atoms with Gasteiger partial charge in [-0.1, -0.05) is 0 Å². The van der Waals surface area contributed by atoms with Gasteiger partial charge in [-0.2, -0.15) is 0 Å². The third-order valence-corrected chi connectivity index (χ3v) is 5.16. The van der Waals surface area contributed by atoms with E-state index in [1.54, 1.807) is 0 Å². The summed E-state index contributed by atoms with van der Waals surface area (Å²) in [5, 5.41) is -0.299. The van der Waals surface area contributed by atoms with Crippen LogP contribution in [0, 0.1) is 5.41 Å². The molecule has 2 fully saturated rings. The van der Waals surface area contributed by atoms with E-state index in [0.717, 1.165) is 38.9 Å². The topological polar surface area (TPSA) is 43.4 Å². The smallest absolute Gasteiger partial charge is 0.235 e. The molecular formula is C8H13ClO3S. The monoisotopic (exact) mass is 224 g/mol. The summed E-state index contributed by atoms with van der Waals surface area (Å²) in [5.41, 5.74) is 0.241. The lowest BCUT2D eigenvalue weighted by atomic mass is 9.64. The van der Waals surface area contributed by atoms with E-state index in [1.807, 2.05) is 0 Å². The number of hydrogen-bond acceptors (Lipinski definition) is 3. The first-order chi connectivity index (χ1) is 6.02. The van der Waals surface area contributed by atoms with Crippen molar-refractivity contribution in [1.82, 2.24) is 0 Å². The summed E-state index contributed by atoms with van der Waals surface area (Å²) in [4.78, 5) is 0. The lowest BCUT2D eigenvalue weighted by molar-refractivity contribution is -0.0259. The molecule has 2 rings (SSSR count). The van der Waals surface area contributed by atoms with E-state index >= 15 is 0 Å². The Labute approximate surface area is 82.8 Å². The summed E-state index contributed by atoms with van der Waals surface area (Å²) in [5.74, 6) is 0. The van der Waals surface area contributed by atoms with Crippen molar-refractivity contribution in [1.29, 1.82) is 0 Å². The number of halogens is 1. The summed E-state index contributed by atoms with van der Waals surface area (Å²) in [6.45, 7) is 1.55. The predicted octanol–water partition coefficient (Wildman–Crippen LogP) is 1.51. The van der Waals surface area contributed by atoms with Gasteiger partial charge in [0.2, 0.25) is 9.05 Å². The van der Waals surface area contributed by atoms with Crippen LogP contribution >= 0.6 is 10.7 Å². The summed E-state index contributed by atoms with van der Waals surface area (Å²) in [6, 6.07) is 0. The van der Waals surface area contributed by atoms with Crippen LogP contribution in [-0.4, -0.2) is 26.9 Å². The Morgan fingerprint density at radius 1 is 1.23 bits per heavy atom. The summed E-state index contributed by atoms with van der Waals surface area (Å²) in [6.07, 6.45) is 3.47. The van der Waals surface area contributed by atoms with Gasteiger partial charge in [-0.05, 0) is 31.1 Å². The predicted molar refractivity (Wildman–Crippen MR) is 50.3 cm³/mol. The Kier molecular flexibility index (Phi) is 2.33. The van der Waals surface area contributed by atoms with Crippen LogP contribution in [0.5, 0.6) is 0 Å². The molecule has 76 valence electrons. The summed E-state index contributed by atoms with van der Waals surface area (Å²) < 4.78 is 27.2. The van der Waals surface area contributed by atoms with Crippen LogP contribution in [0.4, 0.5) is 0 Å². The van der Waals surface area contributed by atoms with Gasteiger partial charge in [0.1, 0.15) is 0 Å². The zero-order valence-electron chi connectivity index (χ0n) is 7.33. The Morgan fingerprint density at radius 2 is 1.77 bits per heavy atom. The van der Waals surface area contributed by atoms with Crippen molar-refractivity contribution in [3.05, 3.63) is 0 Å². The van der Waals surface area contributed by atoms with E-state index in [-0.39, 0.29) is 10.7 Å². The highest BCUT2D eigenvalue weighted by Gasteiger charge is 2.49. The fourth-order valence-electron chi connectivity index (χ4n) is 2.32. The summed E-state index contributed by atoms with van der Waals surface area (Å²) in [7, 11) is 1.97. The molecular weight excluding hydrogens is 212 g/mol. The molecule has 1 heterocycles. The lowest BCUT2D eigenvalue weighted by Crippen LogP contribution is -2.46. The molecule has 1 aliphatic carbocycles. The molecule has 5 heteroatoms. The van der Waals surface area contributed by atoms with Gasteiger partial charge in [0, 0.05) is 23.9 Å². The first-order valence-corrected chi connectivity index (χ1v) is 6.90. The fraction of sp³-hybridized carbons (Fsp3) is 1.00. The van der Waals surface area contributed by atoms with Gasteiger partial charge in [-0.25, -0.2) is 8.42 Å². The molecule has 0 aromatic heterocycles. The first kappa shape index (κ1) is 9.74. The maximum Gasteiger partial charge on any atom is 0.235 e. The van der Waals surface area contributed by atoms with E-state index in [2.05, 4.69) is 0 Å². The normalized spacial score (nSPS) is 28.7. The Hall–Kier alpha value is 0.200. The molecule has 0 atom stereocenters. The van der Waals surface area contributed by atoms with Gasteiger partial charge < -0.3 is 4.74 Å². The molecule has 0 unspecified atom stereocenters. The minimum atomic E-state index is -3.31. The van der Waals surface area contributed by atoms with Crippen molar-refractivity contribution < 1.29 is 13.2 Å². The number of hydrogen-bond donors (Lipinski definition) is 0. The third kappa shape index (κ3) is 1.85. The molecule has 1 saturated heterocycles. The quantitative estimate of drug-likeness (QED) is 0.635. The largest absolute Gasteiger partial charge is 0.381 e. The van der Waals surface area contributed by atoms with E-state index in [1.165, 1.54) is 0 Å². The zero-order valence-corrected chi connectivity index (χ0v) is 8.90. The van der Waals surface area contributed by atoms with Crippen LogP contribution in [0.25, 0.3) is 0 Å². The standard InChI is InChI=1S/C8H13ClO3S/c9-13(10,11)7-5-8(6-7)1-3-12-4-2-8/h7H,1-6H2. The first-order valence-electron chi connectivity index (χ1n) is 4.53. The SMILES string of the molecule is O=S(=O)(Cl)C1CC2(CCOCC2)C1. The average molecular weight is 225 g/mol. The molecule has 0 amide bonds. The molecule has 0 aromatic rings. The number of ether oxygens (including phenoxy) is 1. The van der Waals surface area contributed by atoms with Crippen molar-refractivity contribution in [2.24, 2.45) is 5.41 Å². The third-order valence-electron chi connectivity index (χ3n) is 3.27. The van der Waals surface area contributed by atoms with Crippen molar-refractivity contribution in [3.63, 3.8) is 0 Å². The van der Waals surface area contributed by atoms with Crippen LogP contribution in [0.2, 0.25) is 0 Å². The minimum absolute atomic E-state index is 0.241.